The number of methoxy groups -OCH3 is 1. The zero-order chi connectivity index (χ0) is 12.4. The fraction of sp³-hybridized carbons (Fsp3) is 0.429. The van der Waals surface area contributed by atoms with Crippen LogP contribution in [0.2, 0.25) is 0 Å². The molecule has 3 rings (SSSR count). The van der Waals surface area contributed by atoms with E-state index in [1.165, 1.54) is 15.6 Å². The first-order valence-corrected chi connectivity index (χ1v) is 7.22. The topological polar surface area (TPSA) is 24.5 Å². The number of fused-ring (bicyclic) bond motifs is 1. The van der Waals surface area contributed by atoms with Crippen molar-refractivity contribution < 1.29 is 4.74 Å². The van der Waals surface area contributed by atoms with Gasteiger partial charge in [-0.25, -0.2) is 0 Å². The molecule has 1 N–H and O–H groups in total. The molecule has 0 atom stereocenters. The quantitative estimate of drug-likeness (QED) is 0.918. The van der Waals surface area contributed by atoms with Crippen LogP contribution >= 0.6 is 11.3 Å². The maximum Gasteiger partial charge on any atom is 0.136 e. The minimum atomic E-state index is 0.990. The van der Waals surface area contributed by atoms with E-state index in [0.29, 0.717) is 0 Å². The van der Waals surface area contributed by atoms with Crippen molar-refractivity contribution in [2.45, 2.75) is 6.54 Å². The average Bonchev–Trinajstić information content (AvgIpc) is 2.90. The Morgan fingerprint density at radius 3 is 2.89 bits per heavy atom. The number of nitrogens with one attached hydrogen (secondary N) is 1. The lowest BCUT2D eigenvalue weighted by Gasteiger charge is -2.27. The van der Waals surface area contributed by atoms with Crippen molar-refractivity contribution in [2.75, 3.05) is 33.3 Å². The second-order valence-corrected chi connectivity index (χ2v) is 5.53. The molecule has 1 aromatic carbocycles. The Bertz CT molecular complexity index is 532. The van der Waals surface area contributed by atoms with Crippen LogP contribution in [0.3, 0.4) is 0 Å². The van der Waals surface area contributed by atoms with Crippen LogP contribution in [0.1, 0.15) is 5.56 Å². The largest absolute Gasteiger partial charge is 0.495 e. The monoisotopic (exact) mass is 262 g/mol. The number of rotatable bonds is 3. The summed E-state index contributed by atoms with van der Waals surface area (Å²) in [6.07, 6.45) is 0. The van der Waals surface area contributed by atoms with Crippen molar-refractivity contribution in [3.05, 3.63) is 29.1 Å². The first-order valence-electron chi connectivity index (χ1n) is 6.34. The zero-order valence-corrected chi connectivity index (χ0v) is 11.4. The molecule has 0 spiro atoms. The van der Waals surface area contributed by atoms with Crippen LogP contribution in [0.25, 0.3) is 10.1 Å². The molecule has 0 unspecified atom stereocenters. The van der Waals surface area contributed by atoms with Crippen LogP contribution in [-0.4, -0.2) is 38.2 Å². The molecule has 0 amide bonds. The highest BCUT2D eigenvalue weighted by atomic mass is 32.1. The van der Waals surface area contributed by atoms with Gasteiger partial charge in [-0.1, -0.05) is 6.07 Å². The van der Waals surface area contributed by atoms with Crippen molar-refractivity contribution in [1.82, 2.24) is 10.2 Å². The molecule has 2 aromatic rings. The third-order valence-corrected chi connectivity index (χ3v) is 4.42. The zero-order valence-electron chi connectivity index (χ0n) is 10.6. The minimum Gasteiger partial charge on any atom is -0.495 e. The summed E-state index contributed by atoms with van der Waals surface area (Å²) in [6, 6.07) is 6.51. The predicted octanol–water partition coefficient (Wildman–Crippen LogP) is 2.32. The Balaban J connectivity index is 1.89. The number of hydrogen-bond donors (Lipinski definition) is 1. The van der Waals surface area contributed by atoms with Crippen LogP contribution in [0.5, 0.6) is 5.75 Å². The fourth-order valence-corrected chi connectivity index (χ4v) is 3.44. The van der Waals surface area contributed by atoms with Crippen molar-refractivity contribution in [2.24, 2.45) is 0 Å². The van der Waals surface area contributed by atoms with E-state index in [1.807, 2.05) is 0 Å². The summed E-state index contributed by atoms with van der Waals surface area (Å²) in [7, 11) is 1.74. The van der Waals surface area contributed by atoms with E-state index >= 15 is 0 Å². The first kappa shape index (κ1) is 12.0. The van der Waals surface area contributed by atoms with Gasteiger partial charge in [0.15, 0.2) is 0 Å². The summed E-state index contributed by atoms with van der Waals surface area (Å²) >= 11 is 1.76. The maximum absolute atomic E-state index is 5.42. The normalized spacial score (nSPS) is 17.2. The Morgan fingerprint density at radius 2 is 2.11 bits per heavy atom. The molecular weight excluding hydrogens is 244 g/mol. The molecule has 1 aliphatic heterocycles. The number of piperazine rings is 1. The molecule has 4 heteroatoms. The van der Waals surface area contributed by atoms with Crippen LogP contribution in [0, 0.1) is 0 Å². The highest BCUT2D eigenvalue weighted by Crippen LogP contribution is 2.33. The molecule has 2 heterocycles. The number of thiophene rings is 1. The summed E-state index contributed by atoms with van der Waals surface area (Å²) < 4.78 is 6.69. The van der Waals surface area contributed by atoms with Gasteiger partial charge in [0.25, 0.3) is 0 Å². The Kier molecular flexibility index (Phi) is 3.50. The molecule has 18 heavy (non-hydrogen) atoms. The summed E-state index contributed by atoms with van der Waals surface area (Å²) in [5.74, 6) is 0.990. The standard InChI is InChI=1S/C14H18N2OS/c1-17-13-3-2-11(12-4-9-18-14(12)13)10-16-7-5-15-6-8-16/h2-4,9,15H,5-8,10H2,1H3. The summed E-state index contributed by atoms with van der Waals surface area (Å²) in [5, 5.41) is 6.88. The summed E-state index contributed by atoms with van der Waals surface area (Å²) in [6.45, 7) is 5.51. The van der Waals surface area contributed by atoms with E-state index in [9.17, 15) is 0 Å². The van der Waals surface area contributed by atoms with Gasteiger partial charge < -0.3 is 10.1 Å². The molecule has 1 aromatic heterocycles. The summed E-state index contributed by atoms with van der Waals surface area (Å²) in [4.78, 5) is 2.51. The van der Waals surface area contributed by atoms with Crippen molar-refractivity contribution in [3.63, 3.8) is 0 Å². The highest BCUT2D eigenvalue weighted by molar-refractivity contribution is 7.17. The van der Waals surface area contributed by atoms with Gasteiger partial charge in [0, 0.05) is 38.1 Å². The Hall–Kier alpha value is -1.10. The lowest BCUT2D eigenvalue weighted by atomic mass is 10.1. The van der Waals surface area contributed by atoms with Crippen LogP contribution < -0.4 is 10.1 Å². The van der Waals surface area contributed by atoms with Gasteiger partial charge in [-0.15, -0.1) is 11.3 Å². The molecule has 1 saturated heterocycles. The van der Waals surface area contributed by atoms with E-state index in [-0.39, 0.29) is 0 Å². The second-order valence-electron chi connectivity index (χ2n) is 4.62. The smallest absolute Gasteiger partial charge is 0.136 e. The third kappa shape index (κ3) is 2.23. The van der Waals surface area contributed by atoms with Gasteiger partial charge >= 0.3 is 0 Å². The lowest BCUT2D eigenvalue weighted by molar-refractivity contribution is 0.234. The van der Waals surface area contributed by atoms with Crippen molar-refractivity contribution in [3.8, 4) is 5.75 Å². The Labute approximate surface area is 111 Å². The van der Waals surface area contributed by atoms with Gasteiger partial charge in [-0.2, -0.15) is 0 Å². The molecular formula is C14H18N2OS. The number of hydrogen-bond acceptors (Lipinski definition) is 4. The molecule has 96 valence electrons. The molecule has 1 fully saturated rings. The van der Waals surface area contributed by atoms with Gasteiger partial charge in [0.05, 0.1) is 11.8 Å². The molecule has 0 saturated carbocycles. The van der Waals surface area contributed by atoms with Crippen LogP contribution in [0.4, 0.5) is 0 Å². The van der Waals surface area contributed by atoms with Crippen molar-refractivity contribution in [1.29, 1.82) is 0 Å². The Morgan fingerprint density at radius 1 is 1.28 bits per heavy atom. The van der Waals surface area contributed by atoms with E-state index < -0.39 is 0 Å². The predicted molar refractivity (Wildman–Crippen MR) is 76.5 cm³/mol. The van der Waals surface area contributed by atoms with E-state index in [2.05, 4.69) is 33.8 Å². The molecule has 3 nitrogen and oxygen atoms in total. The minimum absolute atomic E-state index is 0.990. The van der Waals surface area contributed by atoms with E-state index in [0.717, 1.165) is 38.5 Å². The van der Waals surface area contributed by atoms with E-state index in [1.54, 1.807) is 18.4 Å². The van der Waals surface area contributed by atoms with Crippen LogP contribution in [-0.2, 0) is 6.54 Å². The van der Waals surface area contributed by atoms with Crippen molar-refractivity contribution >= 4 is 21.4 Å². The average molecular weight is 262 g/mol. The summed E-state index contributed by atoms with van der Waals surface area (Å²) in [5.41, 5.74) is 1.41. The maximum atomic E-state index is 5.42. The second kappa shape index (κ2) is 5.26. The third-order valence-electron chi connectivity index (χ3n) is 3.49. The molecule has 0 aliphatic carbocycles. The molecule has 1 aliphatic rings. The number of ether oxygens (including phenoxy) is 1. The molecule has 0 bridgehead atoms. The van der Waals surface area contributed by atoms with E-state index in [4.69, 9.17) is 4.74 Å². The highest BCUT2D eigenvalue weighted by Gasteiger charge is 2.13. The van der Waals surface area contributed by atoms with Gasteiger partial charge in [0.1, 0.15) is 5.75 Å². The SMILES string of the molecule is COc1ccc(CN2CCNCC2)c2ccsc12. The number of benzene rings is 1. The number of nitrogens with zero attached hydrogens (tertiary/aromatic N) is 1. The van der Waals surface area contributed by atoms with Gasteiger partial charge in [-0.3, -0.25) is 4.90 Å². The molecule has 0 radical (unpaired) electrons. The van der Waals surface area contributed by atoms with Gasteiger partial charge in [0.2, 0.25) is 0 Å². The fourth-order valence-electron chi connectivity index (χ4n) is 2.50. The first-order chi connectivity index (χ1) is 8.88. The van der Waals surface area contributed by atoms with Gasteiger partial charge in [-0.05, 0) is 23.1 Å². The van der Waals surface area contributed by atoms with Crippen LogP contribution in [0.15, 0.2) is 23.6 Å². The lowest BCUT2D eigenvalue weighted by Crippen LogP contribution is -2.42.